The van der Waals surface area contributed by atoms with Crippen molar-refractivity contribution >= 4 is 5.91 Å². The standard InChI is InChI=1S/C14H16F2N4O/c1-9(11-6-10(15)2-3-12(11)16)19-14(21)13-7-20(5-4-17)8-18-13/h2-3,6-9H,4-5,17H2,1H3,(H,19,21). The van der Waals surface area contributed by atoms with E-state index in [1.165, 1.54) is 6.33 Å². The quantitative estimate of drug-likeness (QED) is 0.880. The Morgan fingerprint density at radius 3 is 2.95 bits per heavy atom. The van der Waals surface area contributed by atoms with E-state index in [0.29, 0.717) is 13.1 Å². The third kappa shape index (κ3) is 3.63. The maximum atomic E-state index is 13.6. The zero-order valence-electron chi connectivity index (χ0n) is 11.5. The lowest BCUT2D eigenvalue weighted by atomic mass is 10.1. The number of nitrogens with one attached hydrogen (secondary N) is 1. The second-order valence-electron chi connectivity index (χ2n) is 4.65. The Balaban J connectivity index is 2.09. The summed E-state index contributed by atoms with van der Waals surface area (Å²) >= 11 is 0. The van der Waals surface area contributed by atoms with E-state index < -0.39 is 23.6 Å². The number of carbonyl (C=O) groups excluding carboxylic acids is 1. The summed E-state index contributed by atoms with van der Waals surface area (Å²) in [6, 6.07) is 2.45. The Bertz CT molecular complexity index is 642. The first-order valence-electron chi connectivity index (χ1n) is 6.49. The predicted molar refractivity (Wildman–Crippen MR) is 73.5 cm³/mol. The second kappa shape index (κ2) is 6.45. The van der Waals surface area contributed by atoms with Crippen LogP contribution in [0.4, 0.5) is 8.78 Å². The van der Waals surface area contributed by atoms with Crippen molar-refractivity contribution in [2.24, 2.45) is 5.73 Å². The molecule has 1 unspecified atom stereocenters. The Labute approximate surface area is 120 Å². The number of halogens is 2. The zero-order chi connectivity index (χ0) is 15.4. The highest BCUT2D eigenvalue weighted by atomic mass is 19.1. The smallest absolute Gasteiger partial charge is 0.271 e. The first-order valence-corrected chi connectivity index (χ1v) is 6.49. The van der Waals surface area contributed by atoms with Gasteiger partial charge in [-0.25, -0.2) is 13.8 Å². The minimum Gasteiger partial charge on any atom is -0.344 e. The summed E-state index contributed by atoms with van der Waals surface area (Å²) in [5.74, 6) is -1.58. The predicted octanol–water partition coefficient (Wildman–Crippen LogP) is 1.61. The molecule has 0 saturated heterocycles. The van der Waals surface area contributed by atoms with Crippen molar-refractivity contribution in [2.45, 2.75) is 19.5 Å². The van der Waals surface area contributed by atoms with Crippen LogP contribution in [0.1, 0.15) is 29.0 Å². The molecule has 1 atom stereocenters. The molecular formula is C14H16F2N4O. The highest BCUT2D eigenvalue weighted by Gasteiger charge is 2.17. The number of rotatable bonds is 5. The van der Waals surface area contributed by atoms with Gasteiger partial charge >= 0.3 is 0 Å². The number of carbonyl (C=O) groups is 1. The van der Waals surface area contributed by atoms with Crippen LogP contribution in [0.15, 0.2) is 30.7 Å². The minimum absolute atomic E-state index is 0.0877. The molecule has 1 heterocycles. The summed E-state index contributed by atoms with van der Waals surface area (Å²) in [4.78, 5) is 16.0. The van der Waals surface area contributed by atoms with Gasteiger partial charge < -0.3 is 15.6 Å². The monoisotopic (exact) mass is 294 g/mol. The van der Waals surface area contributed by atoms with Gasteiger partial charge in [0.15, 0.2) is 0 Å². The van der Waals surface area contributed by atoms with E-state index in [9.17, 15) is 13.6 Å². The van der Waals surface area contributed by atoms with Gasteiger partial charge in [0.05, 0.1) is 12.4 Å². The molecule has 0 saturated carbocycles. The molecule has 1 aromatic heterocycles. The number of nitrogens with zero attached hydrogens (tertiary/aromatic N) is 2. The Morgan fingerprint density at radius 2 is 2.24 bits per heavy atom. The fraction of sp³-hybridized carbons (Fsp3) is 0.286. The average molecular weight is 294 g/mol. The fourth-order valence-electron chi connectivity index (χ4n) is 1.94. The van der Waals surface area contributed by atoms with Crippen LogP contribution in [0.5, 0.6) is 0 Å². The molecule has 112 valence electrons. The van der Waals surface area contributed by atoms with Crippen LogP contribution in [-0.4, -0.2) is 22.0 Å². The number of amides is 1. The van der Waals surface area contributed by atoms with Crippen LogP contribution in [0, 0.1) is 11.6 Å². The SMILES string of the molecule is CC(NC(=O)c1cn(CCN)cn1)c1cc(F)ccc1F. The van der Waals surface area contributed by atoms with Crippen molar-refractivity contribution in [3.63, 3.8) is 0 Å². The largest absolute Gasteiger partial charge is 0.344 e. The Kier molecular flexibility index (Phi) is 4.64. The number of hydrogen-bond acceptors (Lipinski definition) is 3. The van der Waals surface area contributed by atoms with Gasteiger partial charge in [-0.2, -0.15) is 0 Å². The molecule has 5 nitrogen and oxygen atoms in total. The van der Waals surface area contributed by atoms with Crippen LogP contribution < -0.4 is 11.1 Å². The van der Waals surface area contributed by atoms with Crippen LogP contribution in [-0.2, 0) is 6.54 Å². The molecule has 0 radical (unpaired) electrons. The van der Waals surface area contributed by atoms with E-state index in [2.05, 4.69) is 10.3 Å². The van der Waals surface area contributed by atoms with Crippen molar-refractivity contribution in [2.75, 3.05) is 6.54 Å². The molecule has 21 heavy (non-hydrogen) atoms. The molecular weight excluding hydrogens is 278 g/mol. The van der Waals surface area contributed by atoms with Gasteiger partial charge in [0.1, 0.15) is 17.3 Å². The first kappa shape index (κ1) is 15.1. The van der Waals surface area contributed by atoms with Gasteiger partial charge in [-0.1, -0.05) is 0 Å². The van der Waals surface area contributed by atoms with Crippen LogP contribution >= 0.6 is 0 Å². The Morgan fingerprint density at radius 1 is 1.48 bits per heavy atom. The maximum absolute atomic E-state index is 13.6. The van der Waals surface area contributed by atoms with E-state index in [-0.39, 0.29) is 11.3 Å². The van der Waals surface area contributed by atoms with Gasteiger partial charge in [0.25, 0.3) is 5.91 Å². The molecule has 0 fully saturated rings. The second-order valence-corrected chi connectivity index (χ2v) is 4.65. The summed E-state index contributed by atoms with van der Waals surface area (Å²) in [5, 5.41) is 2.58. The number of aromatic nitrogens is 2. The molecule has 2 rings (SSSR count). The van der Waals surface area contributed by atoms with E-state index in [4.69, 9.17) is 5.73 Å². The van der Waals surface area contributed by atoms with Crippen molar-refractivity contribution in [1.29, 1.82) is 0 Å². The molecule has 1 amide bonds. The van der Waals surface area contributed by atoms with E-state index in [1.807, 2.05) is 0 Å². The van der Waals surface area contributed by atoms with Gasteiger partial charge in [-0.05, 0) is 25.1 Å². The van der Waals surface area contributed by atoms with Crippen molar-refractivity contribution in [1.82, 2.24) is 14.9 Å². The fourth-order valence-corrected chi connectivity index (χ4v) is 1.94. The van der Waals surface area contributed by atoms with E-state index >= 15 is 0 Å². The summed E-state index contributed by atoms with van der Waals surface area (Å²) in [7, 11) is 0. The average Bonchev–Trinajstić information content (AvgIpc) is 2.90. The van der Waals surface area contributed by atoms with E-state index in [0.717, 1.165) is 18.2 Å². The summed E-state index contributed by atoms with van der Waals surface area (Å²) in [5.41, 5.74) is 5.70. The van der Waals surface area contributed by atoms with Crippen LogP contribution in [0.25, 0.3) is 0 Å². The van der Waals surface area contributed by atoms with Crippen molar-refractivity contribution < 1.29 is 13.6 Å². The Hall–Kier alpha value is -2.28. The molecule has 0 aliphatic carbocycles. The first-order chi connectivity index (χ1) is 10.0. The number of benzene rings is 1. The lowest BCUT2D eigenvalue weighted by Crippen LogP contribution is -2.27. The normalized spacial score (nSPS) is 12.2. The highest BCUT2D eigenvalue weighted by Crippen LogP contribution is 2.18. The van der Waals surface area contributed by atoms with Crippen molar-refractivity contribution in [3.8, 4) is 0 Å². The van der Waals surface area contributed by atoms with Gasteiger partial charge in [0, 0.05) is 24.8 Å². The molecule has 2 aromatic rings. The molecule has 1 aromatic carbocycles. The van der Waals surface area contributed by atoms with Crippen molar-refractivity contribution in [3.05, 3.63) is 53.6 Å². The van der Waals surface area contributed by atoms with Crippen LogP contribution in [0.3, 0.4) is 0 Å². The molecule has 0 bridgehead atoms. The van der Waals surface area contributed by atoms with Gasteiger partial charge in [0.2, 0.25) is 0 Å². The minimum atomic E-state index is -0.673. The zero-order valence-corrected chi connectivity index (χ0v) is 11.5. The summed E-state index contributed by atoms with van der Waals surface area (Å²) in [6.45, 7) is 2.56. The molecule has 0 aliphatic rings. The molecule has 7 heteroatoms. The number of hydrogen-bond donors (Lipinski definition) is 2. The summed E-state index contributed by atoms with van der Waals surface area (Å²) in [6.07, 6.45) is 3.05. The third-order valence-corrected chi connectivity index (χ3v) is 3.03. The highest BCUT2D eigenvalue weighted by molar-refractivity contribution is 5.92. The number of imidazole rings is 1. The van der Waals surface area contributed by atoms with Crippen LogP contribution in [0.2, 0.25) is 0 Å². The molecule has 3 N–H and O–H groups in total. The number of nitrogens with two attached hydrogens (primary N) is 1. The van der Waals surface area contributed by atoms with E-state index in [1.54, 1.807) is 17.7 Å². The van der Waals surface area contributed by atoms with Gasteiger partial charge in [-0.3, -0.25) is 4.79 Å². The molecule has 0 aliphatic heterocycles. The van der Waals surface area contributed by atoms with Gasteiger partial charge in [-0.15, -0.1) is 0 Å². The lowest BCUT2D eigenvalue weighted by Gasteiger charge is -2.14. The maximum Gasteiger partial charge on any atom is 0.271 e. The third-order valence-electron chi connectivity index (χ3n) is 3.03. The lowest BCUT2D eigenvalue weighted by molar-refractivity contribution is 0.0934. The summed E-state index contributed by atoms with van der Waals surface area (Å²) < 4.78 is 28.5. The topological polar surface area (TPSA) is 72.9 Å². The molecule has 0 spiro atoms.